The summed E-state index contributed by atoms with van der Waals surface area (Å²) < 4.78 is 29.7. The van der Waals surface area contributed by atoms with Crippen LogP contribution in [0.15, 0.2) is 76.7 Å². The summed E-state index contributed by atoms with van der Waals surface area (Å²) in [6.07, 6.45) is 4.24. The fraction of sp³-hybridized carbons (Fsp3) is 0.333. The molecule has 5 N–H and O–H groups in total. The van der Waals surface area contributed by atoms with Crippen molar-refractivity contribution in [2.75, 3.05) is 6.54 Å². The molecule has 1 fully saturated rings. The molecule has 1 amide bonds. The fourth-order valence-electron chi connectivity index (χ4n) is 4.90. The molecule has 4 rings (SSSR count). The van der Waals surface area contributed by atoms with Gasteiger partial charge < -0.3 is 16.5 Å². The molecule has 190 valence electrons. The van der Waals surface area contributed by atoms with Crippen molar-refractivity contribution in [1.82, 2.24) is 9.62 Å². The predicted molar refractivity (Wildman–Crippen MR) is 143 cm³/mol. The lowest BCUT2D eigenvalue weighted by Gasteiger charge is -2.32. The molecule has 0 spiro atoms. The van der Waals surface area contributed by atoms with Crippen LogP contribution in [0.1, 0.15) is 43.7 Å². The van der Waals surface area contributed by atoms with Crippen LogP contribution in [0.2, 0.25) is 0 Å². The van der Waals surface area contributed by atoms with E-state index in [1.54, 1.807) is 30.3 Å². The Labute approximate surface area is 212 Å². The van der Waals surface area contributed by atoms with E-state index in [1.807, 2.05) is 48.2 Å². The summed E-state index contributed by atoms with van der Waals surface area (Å²) in [5, 5.41) is 5.27. The Bertz CT molecular complexity index is 1350. The average Bonchev–Trinajstić information content (AvgIpc) is 3.43. The molecule has 1 saturated carbocycles. The average molecular weight is 508 g/mol. The molecule has 1 aliphatic carbocycles. The maximum absolute atomic E-state index is 13.8. The first-order chi connectivity index (χ1) is 17.3. The fourth-order valence-corrected chi connectivity index (χ4v) is 6.13. The van der Waals surface area contributed by atoms with Crippen molar-refractivity contribution in [3.8, 4) is 0 Å². The zero-order valence-electron chi connectivity index (χ0n) is 20.4. The van der Waals surface area contributed by atoms with Gasteiger partial charge in [-0.2, -0.15) is 9.82 Å². The second-order valence-electron chi connectivity index (χ2n) is 9.16. The van der Waals surface area contributed by atoms with Crippen molar-refractivity contribution in [2.45, 2.75) is 56.0 Å². The Morgan fingerprint density at radius 3 is 2.36 bits per heavy atom. The van der Waals surface area contributed by atoms with Crippen LogP contribution < -0.4 is 16.3 Å². The number of hydrogen-bond acceptors (Lipinski definition) is 5. The number of benzene rings is 3. The highest BCUT2D eigenvalue weighted by Gasteiger charge is 2.33. The van der Waals surface area contributed by atoms with Gasteiger partial charge in [0, 0.05) is 18.2 Å². The minimum atomic E-state index is -3.96. The van der Waals surface area contributed by atoms with Crippen LogP contribution in [0.3, 0.4) is 0 Å². The molecule has 3 aromatic rings. The van der Waals surface area contributed by atoms with E-state index in [1.165, 1.54) is 0 Å². The first-order valence-electron chi connectivity index (χ1n) is 12.3. The Morgan fingerprint density at radius 2 is 1.72 bits per heavy atom. The molecule has 3 aromatic carbocycles. The van der Waals surface area contributed by atoms with E-state index in [2.05, 4.69) is 9.82 Å². The number of sulfonamides is 1. The van der Waals surface area contributed by atoms with E-state index in [4.69, 9.17) is 11.6 Å². The monoisotopic (exact) mass is 507 g/mol. The Balaban J connectivity index is 1.64. The second kappa shape index (κ2) is 11.1. The van der Waals surface area contributed by atoms with E-state index in [0.29, 0.717) is 12.1 Å². The number of nitrogens with one attached hydrogen (secondary N) is 1. The third-order valence-electron chi connectivity index (χ3n) is 6.84. The van der Waals surface area contributed by atoms with Gasteiger partial charge in [-0.3, -0.25) is 4.79 Å². The minimum Gasteiger partial charge on any atom is -0.382 e. The molecule has 0 aliphatic heterocycles. The molecule has 8 nitrogen and oxygen atoms in total. The summed E-state index contributed by atoms with van der Waals surface area (Å²) in [7, 11) is -3.96. The van der Waals surface area contributed by atoms with Crippen LogP contribution in [-0.2, 0) is 21.2 Å². The van der Waals surface area contributed by atoms with Crippen LogP contribution >= 0.6 is 0 Å². The molecule has 0 unspecified atom stereocenters. The maximum atomic E-state index is 13.8. The number of hydrogen-bond donors (Lipinski definition) is 3. The highest BCUT2D eigenvalue weighted by atomic mass is 32.2. The lowest BCUT2D eigenvalue weighted by atomic mass is 10.0. The topological polar surface area (TPSA) is 131 Å². The first-order valence-corrected chi connectivity index (χ1v) is 13.7. The van der Waals surface area contributed by atoms with Crippen LogP contribution in [0.4, 0.5) is 0 Å². The molecular weight excluding hydrogens is 474 g/mol. The largest absolute Gasteiger partial charge is 0.382 e. The van der Waals surface area contributed by atoms with Crippen molar-refractivity contribution in [1.29, 1.82) is 0 Å². The van der Waals surface area contributed by atoms with Crippen LogP contribution in [0.25, 0.3) is 10.8 Å². The normalized spacial score (nSPS) is 15.8. The van der Waals surface area contributed by atoms with Crippen molar-refractivity contribution in [3.63, 3.8) is 0 Å². The van der Waals surface area contributed by atoms with E-state index >= 15 is 0 Å². The number of carbonyl (C=O) groups excluding carboxylic acids is 1. The molecule has 1 aliphatic rings. The molecule has 1 atom stereocenters. The quantitative estimate of drug-likeness (QED) is 0.177. The van der Waals surface area contributed by atoms with Crippen molar-refractivity contribution < 1.29 is 13.2 Å². The van der Waals surface area contributed by atoms with Gasteiger partial charge in [-0.25, -0.2) is 8.42 Å². The highest BCUT2D eigenvalue weighted by molar-refractivity contribution is 7.89. The number of likely N-dealkylation sites (N-methyl/N-ethyl adjacent to an activating group) is 1. The lowest BCUT2D eigenvalue weighted by Crippen LogP contribution is -2.52. The molecule has 36 heavy (non-hydrogen) atoms. The summed E-state index contributed by atoms with van der Waals surface area (Å²) in [5.41, 5.74) is 7.23. The second-order valence-corrected chi connectivity index (χ2v) is 10.9. The summed E-state index contributed by atoms with van der Waals surface area (Å²) >= 11 is 0. The third kappa shape index (κ3) is 5.68. The molecule has 9 heteroatoms. The van der Waals surface area contributed by atoms with E-state index in [-0.39, 0.29) is 29.1 Å². The van der Waals surface area contributed by atoms with Crippen molar-refractivity contribution in [2.24, 2.45) is 16.7 Å². The Morgan fingerprint density at radius 1 is 1.06 bits per heavy atom. The molecule has 0 radical (unpaired) electrons. The molecule has 0 heterocycles. The van der Waals surface area contributed by atoms with Gasteiger partial charge in [-0.15, -0.1) is 0 Å². The van der Waals surface area contributed by atoms with Crippen LogP contribution in [0.5, 0.6) is 0 Å². The summed E-state index contributed by atoms with van der Waals surface area (Å²) in [6, 6.07) is 18.9. The minimum absolute atomic E-state index is 0.130. The SMILES string of the molecule is CCN(C(=O)[C@H](Cc1ccc(/C(N)=N/N)cc1)NS(=O)(=O)c1ccc2ccccc2c1)C1CCCC1. The third-order valence-corrected chi connectivity index (χ3v) is 8.31. The Kier molecular flexibility index (Phi) is 7.91. The van der Waals surface area contributed by atoms with Crippen molar-refractivity contribution in [3.05, 3.63) is 77.9 Å². The number of carbonyl (C=O) groups is 1. The number of amidine groups is 1. The molecular formula is C27H33N5O3S. The zero-order chi connectivity index (χ0) is 25.7. The number of hydrazone groups is 1. The number of nitrogens with two attached hydrogens (primary N) is 2. The van der Waals surface area contributed by atoms with Gasteiger partial charge in [0.05, 0.1) is 4.90 Å². The zero-order valence-corrected chi connectivity index (χ0v) is 21.2. The van der Waals surface area contributed by atoms with E-state index in [0.717, 1.165) is 42.0 Å². The van der Waals surface area contributed by atoms with Gasteiger partial charge >= 0.3 is 0 Å². The maximum Gasteiger partial charge on any atom is 0.241 e. The van der Waals surface area contributed by atoms with Crippen molar-refractivity contribution >= 4 is 32.5 Å². The lowest BCUT2D eigenvalue weighted by molar-refractivity contribution is -0.135. The van der Waals surface area contributed by atoms with Gasteiger partial charge in [0.15, 0.2) is 0 Å². The summed E-state index contributed by atoms with van der Waals surface area (Å²) in [5.74, 6) is 5.26. The summed E-state index contributed by atoms with van der Waals surface area (Å²) in [4.78, 5) is 15.7. The number of nitrogens with zero attached hydrogens (tertiary/aromatic N) is 2. The number of fused-ring (bicyclic) bond motifs is 1. The number of amides is 1. The van der Waals surface area contributed by atoms with Gasteiger partial charge in [-0.05, 0) is 54.7 Å². The first kappa shape index (κ1) is 25.7. The molecule has 0 aromatic heterocycles. The van der Waals surface area contributed by atoms with Gasteiger partial charge in [0.25, 0.3) is 0 Å². The standard InChI is InChI=1S/C27H33N5O3S/c1-2-32(23-9-5-6-10-23)27(33)25(17-19-11-13-21(14-12-19)26(28)30-29)31-36(34,35)24-16-15-20-7-3-4-8-22(20)18-24/h3-4,7-8,11-16,18,23,25,31H,2,5-6,9-10,17,29H2,1H3,(H2,28,30)/t25-/m0/s1. The molecule has 0 saturated heterocycles. The smallest absolute Gasteiger partial charge is 0.241 e. The predicted octanol–water partition coefficient (Wildman–Crippen LogP) is 3.10. The number of rotatable bonds is 9. The van der Waals surface area contributed by atoms with E-state index < -0.39 is 16.1 Å². The van der Waals surface area contributed by atoms with Gasteiger partial charge in [0.1, 0.15) is 11.9 Å². The van der Waals surface area contributed by atoms with Crippen LogP contribution in [0, 0.1) is 0 Å². The molecule has 0 bridgehead atoms. The Hall–Kier alpha value is -3.43. The van der Waals surface area contributed by atoms with Gasteiger partial charge in [-0.1, -0.05) is 67.4 Å². The van der Waals surface area contributed by atoms with Gasteiger partial charge in [0.2, 0.25) is 15.9 Å². The summed E-state index contributed by atoms with van der Waals surface area (Å²) in [6.45, 7) is 2.47. The highest BCUT2D eigenvalue weighted by Crippen LogP contribution is 2.25. The van der Waals surface area contributed by atoms with E-state index in [9.17, 15) is 13.2 Å². The van der Waals surface area contributed by atoms with Crippen LogP contribution in [-0.4, -0.2) is 43.7 Å².